The summed E-state index contributed by atoms with van der Waals surface area (Å²) in [6.45, 7) is -0.00437. The molecular formula is C11H11N3O4. The van der Waals surface area contributed by atoms with Crippen molar-refractivity contribution < 1.29 is 14.5 Å². The molecule has 1 atom stereocenters. The Morgan fingerprint density at radius 1 is 1.28 bits per heavy atom. The van der Waals surface area contributed by atoms with Crippen molar-refractivity contribution in [3.8, 4) is 0 Å². The maximum atomic E-state index is 11.5. The number of benzene rings is 1. The molecule has 0 aliphatic carbocycles. The number of rotatable bonds is 3. The van der Waals surface area contributed by atoms with E-state index in [9.17, 15) is 19.7 Å². The van der Waals surface area contributed by atoms with Gasteiger partial charge in [-0.25, -0.2) is 0 Å². The highest BCUT2D eigenvalue weighted by molar-refractivity contribution is 5.94. The highest BCUT2D eigenvalue weighted by Crippen LogP contribution is 2.13. The smallest absolute Gasteiger partial charge is 0.269 e. The average molecular weight is 249 g/mol. The lowest BCUT2D eigenvalue weighted by Crippen LogP contribution is -2.56. The van der Waals surface area contributed by atoms with Gasteiger partial charge < -0.3 is 10.6 Å². The monoisotopic (exact) mass is 249 g/mol. The number of piperazine rings is 1. The van der Waals surface area contributed by atoms with E-state index in [0.29, 0.717) is 6.42 Å². The molecule has 1 fully saturated rings. The number of nitro groups is 1. The molecule has 0 saturated carbocycles. The largest absolute Gasteiger partial charge is 0.345 e. The van der Waals surface area contributed by atoms with Crippen LogP contribution in [-0.4, -0.2) is 29.3 Å². The van der Waals surface area contributed by atoms with Crippen LogP contribution in [0.15, 0.2) is 24.3 Å². The van der Waals surface area contributed by atoms with Crippen LogP contribution in [0.25, 0.3) is 0 Å². The van der Waals surface area contributed by atoms with Gasteiger partial charge in [-0.05, 0) is 5.56 Å². The Hall–Kier alpha value is -2.44. The normalized spacial score (nSPS) is 19.0. The number of nitrogens with zero attached hydrogens (tertiary/aromatic N) is 1. The number of hydrogen-bond donors (Lipinski definition) is 2. The molecule has 2 N–H and O–H groups in total. The Bertz CT molecular complexity index is 498. The van der Waals surface area contributed by atoms with E-state index in [-0.39, 0.29) is 24.0 Å². The van der Waals surface area contributed by atoms with Crippen LogP contribution in [0.5, 0.6) is 0 Å². The van der Waals surface area contributed by atoms with Crippen LogP contribution < -0.4 is 10.6 Å². The highest BCUT2D eigenvalue weighted by Gasteiger charge is 2.25. The van der Waals surface area contributed by atoms with Crippen molar-refractivity contribution in [3.05, 3.63) is 39.9 Å². The Morgan fingerprint density at radius 2 is 1.94 bits per heavy atom. The van der Waals surface area contributed by atoms with Gasteiger partial charge in [-0.3, -0.25) is 19.7 Å². The lowest BCUT2D eigenvalue weighted by Gasteiger charge is -2.23. The minimum atomic E-state index is -0.618. The molecule has 0 spiro atoms. The predicted octanol–water partition coefficient (Wildman–Crippen LogP) is -0.248. The van der Waals surface area contributed by atoms with Gasteiger partial charge in [-0.1, -0.05) is 12.1 Å². The Balaban J connectivity index is 2.06. The molecule has 0 bridgehead atoms. The minimum absolute atomic E-state index is 0.00381. The first-order valence-electron chi connectivity index (χ1n) is 5.36. The summed E-state index contributed by atoms with van der Waals surface area (Å²) in [5, 5.41) is 15.5. The molecule has 1 aliphatic rings. The second-order valence-corrected chi connectivity index (χ2v) is 3.97. The Labute approximate surface area is 102 Å². The number of nitro benzene ring substituents is 1. The first-order valence-corrected chi connectivity index (χ1v) is 5.36. The van der Waals surface area contributed by atoms with Crippen molar-refractivity contribution in [2.75, 3.05) is 6.54 Å². The van der Waals surface area contributed by atoms with Crippen molar-refractivity contribution in [1.29, 1.82) is 0 Å². The highest BCUT2D eigenvalue weighted by atomic mass is 16.6. The van der Waals surface area contributed by atoms with Crippen molar-refractivity contribution in [2.24, 2.45) is 0 Å². The van der Waals surface area contributed by atoms with E-state index in [1.54, 1.807) is 12.1 Å². The molecule has 94 valence electrons. The van der Waals surface area contributed by atoms with E-state index in [2.05, 4.69) is 10.6 Å². The molecule has 1 heterocycles. The molecule has 1 saturated heterocycles. The van der Waals surface area contributed by atoms with Gasteiger partial charge in [-0.2, -0.15) is 0 Å². The van der Waals surface area contributed by atoms with E-state index in [4.69, 9.17) is 0 Å². The summed E-state index contributed by atoms with van der Waals surface area (Å²) >= 11 is 0. The number of non-ortho nitro benzene ring substituents is 1. The number of amides is 2. The van der Waals surface area contributed by atoms with Gasteiger partial charge in [0.15, 0.2) is 0 Å². The van der Waals surface area contributed by atoms with Gasteiger partial charge in [0.25, 0.3) is 5.69 Å². The molecular weight excluding hydrogens is 238 g/mol. The van der Waals surface area contributed by atoms with Crippen LogP contribution in [0.2, 0.25) is 0 Å². The first kappa shape index (κ1) is 12.0. The summed E-state index contributed by atoms with van der Waals surface area (Å²) < 4.78 is 0. The van der Waals surface area contributed by atoms with Crippen LogP contribution in [0.4, 0.5) is 5.69 Å². The summed E-state index contributed by atoms with van der Waals surface area (Å²) in [7, 11) is 0. The summed E-state index contributed by atoms with van der Waals surface area (Å²) in [6, 6.07) is 5.28. The quantitative estimate of drug-likeness (QED) is 0.569. The van der Waals surface area contributed by atoms with E-state index in [1.165, 1.54) is 12.1 Å². The second-order valence-electron chi connectivity index (χ2n) is 3.97. The molecule has 0 radical (unpaired) electrons. The van der Waals surface area contributed by atoms with Crippen molar-refractivity contribution >= 4 is 17.5 Å². The minimum Gasteiger partial charge on any atom is -0.345 e. The van der Waals surface area contributed by atoms with Crippen LogP contribution in [0.3, 0.4) is 0 Å². The van der Waals surface area contributed by atoms with Crippen molar-refractivity contribution in [3.63, 3.8) is 0 Å². The third-order valence-electron chi connectivity index (χ3n) is 2.66. The lowest BCUT2D eigenvalue weighted by molar-refractivity contribution is -0.384. The van der Waals surface area contributed by atoms with E-state index < -0.39 is 11.0 Å². The number of carbonyl (C=O) groups is 2. The van der Waals surface area contributed by atoms with E-state index >= 15 is 0 Å². The summed E-state index contributed by atoms with van der Waals surface area (Å²) in [5.41, 5.74) is 0.749. The SMILES string of the molecule is O=C1CNC(=O)[C@H](Cc2ccc([N+](=O)[O-])cc2)N1. The fourth-order valence-electron chi connectivity index (χ4n) is 1.73. The van der Waals surface area contributed by atoms with Crippen molar-refractivity contribution in [1.82, 2.24) is 10.6 Å². The maximum absolute atomic E-state index is 11.5. The fourth-order valence-corrected chi connectivity index (χ4v) is 1.73. The molecule has 1 aromatic rings. The van der Waals surface area contributed by atoms with Gasteiger partial charge in [-0.15, -0.1) is 0 Å². The summed E-state index contributed by atoms with van der Waals surface area (Å²) in [6.07, 6.45) is 0.315. The lowest BCUT2D eigenvalue weighted by atomic mass is 10.0. The van der Waals surface area contributed by atoms with Gasteiger partial charge in [0.2, 0.25) is 11.8 Å². The zero-order valence-corrected chi connectivity index (χ0v) is 9.38. The van der Waals surface area contributed by atoms with Crippen LogP contribution in [0, 0.1) is 10.1 Å². The van der Waals surface area contributed by atoms with Gasteiger partial charge in [0.1, 0.15) is 6.04 Å². The fraction of sp³-hybridized carbons (Fsp3) is 0.273. The topological polar surface area (TPSA) is 101 Å². The third kappa shape index (κ3) is 2.62. The average Bonchev–Trinajstić information content (AvgIpc) is 2.34. The molecule has 0 unspecified atom stereocenters. The molecule has 7 nitrogen and oxygen atoms in total. The molecule has 7 heteroatoms. The molecule has 1 aliphatic heterocycles. The Morgan fingerprint density at radius 3 is 2.56 bits per heavy atom. The molecule has 2 rings (SSSR count). The zero-order chi connectivity index (χ0) is 13.1. The predicted molar refractivity (Wildman–Crippen MR) is 61.7 cm³/mol. The Kier molecular flexibility index (Phi) is 3.22. The zero-order valence-electron chi connectivity index (χ0n) is 9.38. The summed E-state index contributed by atoms with van der Waals surface area (Å²) in [5.74, 6) is -0.477. The van der Waals surface area contributed by atoms with Gasteiger partial charge in [0.05, 0.1) is 11.5 Å². The molecule has 18 heavy (non-hydrogen) atoms. The van der Waals surface area contributed by atoms with E-state index in [1.807, 2.05) is 0 Å². The van der Waals surface area contributed by atoms with Gasteiger partial charge in [0, 0.05) is 18.6 Å². The van der Waals surface area contributed by atoms with Crippen molar-refractivity contribution in [2.45, 2.75) is 12.5 Å². The second kappa shape index (κ2) is 4.82. The third-order valence-corrected chi connectivity index (χ3v) is 2.66. The number of nitrogens with one attached hydrogen (secondary N) is 2. The van der Waals surface area contributed by atoms with Crippen LogP contribution in [0.1, 0.15) is 5.56 Å². The standard InChI is InChI=1S/C11H11N3O4/c15-10-6-12-11(16)9(13-10)5-7-1-3-8(4-2-7)14(17)18/h1-4,9H,5-6H2,(H,12,16)(H,13,15)/t9-/m0/s1. The van der Waals surface area contributed by atoms with Crippen LogP contribution in [-0.2, 0) is 16.0 Å². The maximum Gasteiger partial charge on any atom is 0.269 e. The molecule has 0 aromatic heterocycles. The summed E-state index contributed by atoms with van der Waals surface area (Å²) in [4.78, 5) is 32.6. The molecule has 1 aromatic carbocycles. The number of carbonyl (C=O) groups excluding carboxylic acids is 2. The first-order chi connectivity index (χ1) is 8.56. The van der Waals surface area contributed by atoms with Crippen LogP contribution >= 0.6 is 0 Å². The van der Waals surface area contributed by atoms with E-state index in [0.717, 1.165) is 5.56 Å². The van der Waals surface area contributed by atoms with Gasteiger partial charge >= 0.3 is 0 Å². The number of hydrogen-bond acceptors (Lipinski definition) is 4. The molecule has 2 amide bonds.